The van der Waals surface area contributed by atoms with E-state index in [9.17, 15) is 8.42 Å². The zero-order chi connectivity index (χ0) is 10.9. The molecule has 2 rings (SSSR count). The molecule has 0 aromatic carbocycles. The highest BCUT2D eigenvalue weighted by molar-refractivity contribution is 7.92. The Balaban J connectivity index is 2.46. The van der Waals surface area contributed by atoms with E-state index in [1.165, 1.54) is 0 Å². The number of hydrogen-bond acceptors (Lipinski definition) is 4. The van der Waals surface area contributed by atoms with Crippen LogP contribution in [0.2, 0.25) is 0 Å². The molecule has 80 valence electrons. The molecule has 0 aliphatic carbocycles. The van der Waals surface area contributed by atoms with E-state index in [-0.39, 0.29) is 5.75 Å². The molecule has 0 amide bonds. The number of sulfonamides is 1. The van der Waals surface area contributed by atoms with Crippen LogP contribution in [0.1, 0.15) is 6.92 Å². The molecule has 2 heterocycles. The molecule has 0 fully saturated rings. The first-order valence-corrected chi connectivity index (χ1v) is 6.07. The van der Waals surface area contributed by atoms with E-state index in [0.29, 0.717) is 16.9 Å². The van der Waals surface area contributed by atoms with Crippen molar-refractivity contribution in [3.05, 3.63) is 18.3 Å². The van der Waals surface area contributed by atoms with Gasteiger partial charge < -0.3 is 0 Å². The molecule has 0 radical (unpaired) electrons. The van der Waals surface area contributed by atoms with E-state index < -0.39 is 10.0 Å². The van der Waals surface area contributed by atoms with Gasteiger partial charge in [0.05, 0.1) is 11.1 Å². The number of nitrogens with zero attached hydrogens (tertiary/aromatic N) is 2. The van der Waals surface area contributed by atoms with Crippen LogP contribution in [0.4, 0.5) is 5.82 Å². The van der Waals surface area contributed by atoms with E-state index in [0.717, 1.165) is 0 Å². The fourth-order valence-electron chi connectivity index (χ4n) is 1.15. The topological polar surface area (TPSA) is 87.7 Å². The highest BCUT2D eigenvalue weighted by atomic mass is 32.2. The van der Waals surface area contributed by atoms with Crippen LogP contribution >= 0.6 is 0 Å². The third kappa shape index (κ3) is 1.91. The monoisotopic (exact) mass is 226 g/mol. The van der Waals surface area contributed by atoms with Crippen LogP contribution in [0.5, 0.6) is 0 Å². The summed E-state index contributed by atoms with van der Waals surface area (Å²) in [4.78, 5) is 4.00. The summed E-state index contributed by atoms with van der Waals surface area (Å²) in [7, 11) is -3.29. The molecule has 0 unspecified atom stereocenters. The summed E-state index contributed by atoms with van der Waals surface area (Å²) in [6.07, 6.45) is 1.61. The van der Waals surface area contributed by atoms with Gasteiger partial charge in [-0.1, -0.05) is 0 Å². The molecule has 15 heavy (non-hydrogen) atoms. The lowest BCUT2D eigenvalue weighted by Crippen LogP contribution is -2.14. The fraction of sp³-hybridized carbons (Fsp3) is 0.250. The molecular weight excluding hydrogens is 216 g/mol. The first-order valence-electron chi connectivity index (χ1n) is 4.42. The zero-order valence-electron chi connectivity index (χ0n) is 8.06. The third-order valence-corrected chi connectivity index (χ3v) is 3.23. The smallest absolute Gasteiger partial charge is 0.233 e. The Labute approximate surface area is 86.8 Å². The van der Waals surface area contributed by atoms with E-state index in [1.54, 1.807) is 25.3 Å². The number of aromatic nitrogens is 3. The van der Waals surface area contributed by atoms with Crippen molar-refractivity contribution in [3.8, 4) is 0 Å². The maximum atomic E-state index is 11.3. The number of anilines is 1. The second kappa shape index (κ2) is 3.50. The van der Waals surface area contributed by atoms with E-state index >= 15 is 0 Å². The van der Waals surface area contributed by atoms with Gasteiger partial charge in [-0.15, -0.1) is 0 Å². The van der Waals surface area contributed by atoms with E-state index in [1.807, 2.05) is 0 Å². The number of fused-ring (bicyclic) bond motifs is 1. The minimum Gasteiger partial charge on any atom is -0.265 e. The van der Waals surface area contributed by atoms with Gasteiger partial charge in [0.25, 0.3) is 0 Å². The predicted octanol–water partition coefficient (Wildman–Crippen LogP) is 0.719. The SMILES string of the molecule is CCS(=O)(=O)Nc1n[nH]c2ncccc12. The maximum absolute atomic E-state index is 11.3. The van der Waals surface area contributed by atoms with Gasteiger partial charge in [0.2, 0.25) is 10.0 Å². The molecule has 7 heteroatoms. The first-order chi connectivity index (χ1) is 7.12. The van der Waals surface area contributed by atoms with Crippen molar-refractivity contribution in [3.63, 3.8) is 0 Å². The molecule has 2 aromatic rings. The van der Waals surface area contributed by atoms with Crippen molar-refractivity contribution < 1.29 is 8.42 Å². The van der Waals surface area contributed by atoms with Crippen molar-refractivity contribution in [2.75, 3.05) is 10.5 Å². The fourth-order valence-corrected chi connectivity index (χ4v) is 1.75. The summed E-state index contributed by atoms with van der Waals surface area (Å²) >= 11 is 0. The first kappa shape index (κ1) is 9.91. The molecule has 0 atom stereocenters. The lowest BCUT2D eigenvalue weighted by Gasteiger charge is -2.01. The molecule has 0 spiro atoms. The van der Waals surface area contributed by atoms with Crippen LogP contribution in [0.3, 0.4) is 0 Å². The van der Waals surface area contributed by atoms with E-state index in [2.05, 4.69) is 19.9 Å². The van der Waals surface area contributed by atoms with Crippen molar-refractivity contribution >= 4 is 26.9 Å². The Kier molecular flexibility index (Phi) is 2.31. The number of H-pyrrole nitrogens is 1. The highest BCUT2D eigenvalue weighted by Crippen LogP contribution is 2.18. The molecule has 0 aliphatic rings. The van der Waals surface area contributed by atoms with Gasteiger partial charge in [-0.25, -0.2) is 13.4 Å². The average molecular weight is 226 g/mol. The molecule has 2 aromatic heterocycles. The number of rotatable bonds is 3. The maximum Gasteiger partial charge on any atom is 0.233 e. The predicted molar refractivity (Wildman–Crippen MR) is 57.0 cm³/mol. The molecule has 0 saturated carbocycles. The number of nitrogens with one attached hydrogen (secondary N) is 2. The lowest BCUT2D eigenvalue weighted by atomic mass is 10.3. The van der Waals surface area contributed by atoms with Gasteiger partial charge in [-0.05, 0) is 19.1 Å². The van der Waals surface area contributed by atoms with Gasteiger partial charge in [0.15, 0.2) is 11.5 Å². The normalized spacial score (nSPS) is 11.8. The van der Waals surface area contributed by atoms with Crippen LogP contribution in [0.25, 0.3) is 11.0 Å². The average Bonchev–Trinajstić information content (AvgIpc) is 2.62. The van der Waals surface area contributed by atoms with Crippen LogP contribution in [0.15, 0.2) is 18.3 Å². The van der Waals surface area contributed by atoms with Gasteiger partial charge in [-0.2, -0.15) is 5.10 Å². The van der Waals surface area contributed by atoms with E-state index in [4.69, 9.17) is 0 Å². The summed E-state index contributed by atoms with van der Waals surface area (Å²) < 4.78 is 25.0. The van der Waals surface area contributed by atoms with Gasteiger partial charge in [0, 0.05) is 6.20 Å². The molecular formula is C8H10N4O2S. The van der Waals surface area contributed by atoms with Crippen molar-refractivity contribution in [1.82, 2.24) is 15.2 Å². The second-order valence-electron chi connectivity index (χ2n) is 2.98. The molecule has 6 nitrogen and oxygen atoms in total. The quantitative estimate of drug-likeness (QED) is 0.807. The van der Waals surface area contributed by atoms with Crippen LogP contribution in [0, 0.1) is 0 Å². The molecule has 0 saturated heterocycles. The minimum atomic E-state index is -3.29. The summed E-state index contributed by atoms with van der Waals surface area (Å²) in [6, 6.07) is 3.47. The summed E-state index contributed by atoms with van der Waals surface area (Å²) in [5.74, 6) is 0.307. The Morgan fingerprint density at radius 1 is 1.53 bits per heavy atom. The second-order valence-corrected chi connectivity index (χ2v) is 4.99. The summed E-state index contributed by atoms with van der Waals surface area (Å²) in [5.41, 5.74) is 0.561. The summed E-state index contributed by atoms with van der Waals surface area (Å²) in [5, 5.41) is 7.16. The lowest BCUT2D eigenvalue weighted by molar-refractivity contribution is 0.602. The summed E-state index contributed by atoms with van der Waals surface area (Å²) in [6.45, 7) is 1.56. The Hall–Kier alpha value is -1.63. The van der Waals surface area contributed by atoms with Crippen molar-refractivity contribution in [1.29, 1.82) is 0 Å². The molecule has 0 bridgehead atoms. The van der Waals surface area contributed by atoms with Gasteiger partial charge in [-0.3, -0.25) is 9.82 Å². The Morgan fingerprint density at radius 3 is 3.07 bits per heavy atom. The van der Waals surface area contributed by atoms with Crippen LogP contribution in [-0.4, -0.2) is 29.4 Å². The number of hydrogen-bond donors (Lipinski definition) is 2. The van der Waals surface area contributed by atoms with Gasteiger partial charge in [0.1, 0.15) is 0 Å². The number of pyridine rings is 1. The Morgan fingerprint density at radius 2 is 2.33 bits per heavy atom. The molecule has 0 aliphatic heterocycles. The van der Waals surface area contributed by atoms with Crippen molar-refractivity contribution in [2.24, 2.45) is 0 Å². The number of aromatic amines is 1. The van der Waals surface area contributed by atoms with Crippen LogP contribution in [-0.2, 0) is 10.0 Å². The highest BCUT2D eigenvalue weighted by Gasteiger charge is 2.12. The van der Waals surface area contributed by atoms with Crippen molar-refractivity contribution in [2.45, 2.75) is 6.92 Å². The standard InChI is InChI=1S/C8H10N4O2S/c1-2-15(13,14)12-8-6-4-3-5-9-7(6)10-11-8/h3-5H,2H2,1H3,(H2,9,10,11,12). The largest absolute Gasteiger partial charge is 0.265 e. The third-order valence-electron chi connectivity index (χ3n) is 1.97. The van der Waals surface area contributed by atoms with Gasteiger partial charge >= 0.3 is 0 Å². The Bertz CT molecular complexity index is 575. The molecule has 2 N–H and O–H groups in total. The van der Waals surface area contributed by atoms with Crippen LogP contribution < -0.4 is 4.72 Å². The minimum absolute atomic E-state index is 0.0155. The zero-order valence-corrected chi connectivity index (χ0v) is 8.87.